The highest BCUT2D eigenvalue weighted by Crippen LogP contribution is 2.29. The molecule has 0 unspecified atom stereocenters. The number of benzene rings is 1. The molecule has 0 fully saturated rings. The maximum absolute atomic E-state index is 13.0. The van der Waals surface area contributed by atoms with Crippen LogP contribution >= 0.6 is 11.3 Å². The Bertz CT molecular complexity index is 1080. The van der Waals surface area contributed by atoms with Crippen molar-refractivity contribution in [3.05, 3.63) is 56.4 Å². The van der Waals surface area contributed by atoms with E-state index < -0.39 is 0 Å². The molecule has 0 spiro atoms. The molecule has 0 bridgehead atoms. The largest absolute Gasteiger partial charge is 0.392 e. The second-order valence-corrected chi connectivity index (χ2v) is 7.84. The molecule has 140 valence electrons. The number of fused-ring (bicyclic) bond motifs is 2. The molecule has 6 nitrogen and oxygen atoms in total. The number of aryl methyl sites for hydroxylation is 2. The van der Waals surface area contributed by atoms with E-state index in [9.17, 15) is 14.7 Å². The topological polar surface area (TPSA) is 84.2 Å². The van der Waals surface area contributed by atoms with Crippen molar-refractivity contribution >= 4 is 33.1 Å². The van der Waals surface area contributed by atoms with E-state index in [0.717, 1.165) is 37.1 Å². The number of carbonyl (C=O) groups is 1. The summed E-state index contributed by atoms with van der Waals surface area (Å²) in [6.45, 7) is 2.42. The van der Waals surface area contributed by atoms with Crippen LogP contribution in [-0.4, -0.2) is 20.6 Å². The van der Waals surface area contributed by atoms with Crippen LogP contribution in [0, 0.1) is 6.92 Å². The molecule has 0 atom stereocenters. The first kappa shape index (κ1) is 17.9. The number of rotatable bonds is 3. The van der Waals surface area contributed by atoms with Crippen LogP contribution in [0.5, 0.6) is 0 Å². The van der Waals surface area contributed by atoms with Gasteiger partial charge in [0.05, 0.1) is 16.9 Å². The summed E-state index contributed by atoms with van der Waals surface area (Å²) in [5.74, 6) is 0.569. The summed E-state index contributed by atoms with van der Waals surface area (Å²) < 4.78 is 1.78. The smallest absolute Gasteiger partial charge is 0.266 e. The summed E-state index contributed by atoms with van der Waals surface area (Å²) in [4.78, 5) is 31.6. The number of aliphatic hydroxyl groups excluding tert-OH is 1. The molecule has 3 heterocycles. The van der Waals surface area contributed by atoms with E-state index >= 15 is 0 Å². The van der Waals surface area contributed by atoms with Crippen molar-refractivity contribution in [1.29, 1.82) is 0 Å². The molecule has 2 N–H and O–H groups in total. The first-order valence-electron chi connectivity index (χ1n) is 9.12. The van der Waals surface area contributed by atoms with Crippen molar-refractivity contribution in [2.45, 2.75) is 45.8 Å². The Balaban J connectivity index is 1.74. The van der Waals surface area contributed by atoms with Crippen LogP contribution in [-0.2, 0) is 19.6 Å². The molecule has 4 rings (SSSR count). The SMILES string of the molecule is Cc1c(C(=O)Nc2cccc(CO)c2)sc2nc3n(c(=O)c12)CCCCC3. The van der Waals surface area contributed by atoms with Crippen LogP contribution in [0.4, 0.5) is 5.69 Å². The Morgan fingerprint density at radius 1 is 1.33 bits per heavy atom. The van der Waals surface area contributed by atoms with Crippen molar-refractivity contribution in [2.75, 3.05) is 5.32 Å². The van der Waals surface area contributed by atoms with Gasteiger partial charge < -0.3 is 10.4 Å². The van der Waals surface area contributed by atoms with E-state index in [-0.39, 0.29) is 18.1 Å². The third kappa shape index (κ3) is 3.28. The zero-order valence-corrected chi connectivity index (χ0v) is 15.9. The Morgan fingerprint density at radius 3 is 3.00 bits per heavy atom. The third-order valence-corrected chi connectivity index (χ3v) is 6.17. The zero-order valence-electron chi connectivity index (χ0n) is 15.1. The van der Waals surface area contributed by atoms with E-state index in [2.05, 4.69) is 5.32 Å². The molecule has 7 heteroatoms. The van der Waals surface area contributed by atoms with E-state index in [4.69, 9.17) is 4.98 Å². The van der Waals surface area contributed by atoms with Gasteiger partial charge in [-0.2, -0.15) is 0 Å². The summed E-state index contributed by atoms with van der Waals surface area (Å²) in [7, 11) is 0. The minimum Gasteiger partial charge on any atom is -0.392 e. The number of amides is 1. The van der Waals surface area contributed by atoms with Gasteiger partial charge >= 0.3 is 0 Å². The summed E-state index contributed by atoms with van der Waals surface area (Å²) in [5, 5.41) is 12.7. The fraction of sp³-hybridized carbons (Fsp3) is 0.350. The van der Waals surface area contributed by atoms with E-state index in [0.29, 0.717) is 32.9 Å². The molecule has 0 saturated carbocycles. The molecular formula is C20H21N3O3S. The summed E-state index contributed by atoms with van der Waals surface area (Å²) in [5.41, 5.74) is 1.99. The van der Waals surface area contributed by atoms with Gasteiger partial charge in [-0.15, -0.1) is 11.3 Å². The molecule has 1 aliphatic heterocycles. The minimum atomic E-state index is -0.259. The van der Waals surface area contributed by atoms with E-state index in [1.54, 1.807) is 28.8 Å². The van der Waals surface area contributed by atoms with Crippen molar-refractivity contribution in [3.8, 4) is 0 Å². The van der Waals surface area contributed by atoms with Gasteiger partial charge in [0, 0.05) is 18.7 Å². The maximum Gasteiger partial charge on any atom is 0.266 e. The van der Waals surface area contributed by atoms with Crippen LogP contribution in [0.1, 0.15) is 45.9 Å². The number of hydrogen-bond acceptors (Lipinski definition) is 5. The van der Waals surface area contributed by atoms with Gasteiger partial charge in [0.2, 0.25) is 0 Å². The second-order valence-electron chi connectivity index (χ2n) is 6.84. The van der Waals surface area contributed by atoms with Gasteiger partial charge in [-0.1, -0.05) is 18.6 Å². The summed E-state index contributed by atoms with van der Waals surface area (Å²) >= 11 is 1.27. The van der Waals surface area contributed by atoms with Gasteiger partial charge in [0.15, 0.2) is 0 Å². The fourth-order valence-electron chi connectivity index (χ4n) is 3.56. The van der Waals surface area contributed by atoms with Crippen LogP contribution in [0.3, 0.4) is 0 Å². The quantitative estimate of drug-likeness (QED) is 0.727. The zero-order chi connectivity index (χ0) is 19.0. The van der Waals surface area contributed by atoms with Crippen LogP contribution in [0.2, 0.25) is 0 Å². The summed E-state index contributed by atoms with van der Waals surface area (Å²) in [6.07, 6.45) is 3.93. The predicted molar refractivity (Wildman–Crippen MR) is 106 cm³/mol. The lowest BCUT2D eigenvalue weighted by atomic mass is 10.2. The number of nitrogens with zero attached hydrogens (tertiary/aromatic N) is 2. The average Bonchev–Trinajstić information content (AvgIpc) is 2.84. The molecule has 0 aliphatic carbocycles. The van der Waals surface area contributed by atoms with Gasteiger partial charge in [0.1, 0.15) is 10.7 Å². The molecule has 2 aromatic heterocycles. The monoisotopic (exact) mass is 383 g/mol. The number of aliphatic hydroxyl groups is 1. The number of hydrogen-bond donors (Lipinski definition) is 2. The van der Waals surface area contributed by atoms with Crippen LogP contribution in [0.25, 0.3) is 10.2 Å². The lowest BCUT2D eigenvalue weighted by Crippen LogP contribution is -2.24. The Hall–Kier alpha value is -2.51. The maximum atomic E-state index is 13.0. The molecule has 1 aromatic carbocycles. The average molecular weight is 383 g/mol. The van der Waals surface area contributed by atoms with Crippen molar-refractivity contribution in [1.82, 2.24) is 9.55 Å². The highest BCUT2D eigenvalue weighted by Gasteiger charge is 2.22. The third-order valence-electron chi connectivity index (χ3n) is 4.99. The molecule has 27 heavy (non-hydrogen) atoms. The van der Waals surface area contributed by atoms with Crippen LogP contribution in [0.15, 0.2) is 29.1 Å². The van der Waals surface area contributed by atoms with Gasteiger partial charge in [-0.25, -0.2) is 4.98 Å². The molecule has 0 saturated heterocycles. The van der Waals surface area contributed by atoms with Crippen molar-refractivity contribution in [2.24, 2.45) is 0 Å². The van der Waals surface area contributed by atoms with Crippen molar-refractivity contribution < 1.29 is 9.90 Å². The number of anilines is 1. The minimum absolute atomic E-state index is 0.0352. The lowest BCUT2D eigenvalue weighted by Gasteiger charge is -2.08. The molecular weight excluding hydrogens is 362 g/mol. The normalized spacial score (nSPS) is 14.0. The van der Waals surface area contributed by atoms with Crippen LogP contribution < -0.4 is 10.9 Å². The van der Waals surface area contributed by atoms with E-state index in [1.165, 1.54) is 11.3 Å². The number of nitrogens with one attached hydrogen (secondary N) is 1. The summed E-state index contributed by atoms with van der Waals surface area (Å²) in [6, 6.07) is 7.08. The first-order chi connectivity index (χ1) is 13.1. The molecule has 1 aliphatic rings. The van der Waals surface area contributed by atoms with Crippen molar-refractivity contribution in [3.63, 3.8) is 0 Å². The number of aromatic nitrogens is 2. The highest BCUT2D eigenvalue weighted by atomic mass is 32.1. The lowest BCUT2D eigenvalue weighted by molar-refractivity contribution is 0.103. The Morgan fingerprint density at radius 2 is 2.19 bits per heavy atom. The first-order valence-corrected chi connectivity index (χ1v) is 9.94. The Kier molecular flexibility index (Phi) is 4.80. The molecule has 3 aromatic rings. The second kappa shape index (κ2) is 7.25. The number of thiophene rings is 1. The van der Waals surface area contributed by atoms with Gasteiger partial charge in [0.25, 0.3) is 11.5 Å². The molecule has 0 radical (unpaired) electrons. The Labute approximate surface area is 160 Å². The van der Waals surface area contributed by atoms with Gasteiger partial charge in [-0.05, 0) is 43.0 Å². The van der Waals surface area contributed by atoms with Gasteiger partial charge in [-0.3, -0.25) is 14.2 Å². The molecule has 1 amide bonds. The highest BCUT2D eigenvalue weighted by molar-refractivity contribution is 7.20. The fourth-order valence-corrected chi connectivity index (χ4v) is 4.65. The predicted octanol–water partition coefficient (Wildman–Crippen LogP) is 3.24. The van der Waals surface area contributed by atoms with E-state index in [1.807, 2.05) is 6.92 Å². The number of carbonyl (C=O) groups excluding carboxylic acids is 1. The standard InChI is InChI=1S/C20H21N3O3S/c1-12-16-19(22-15-8-3-2-4-9-23(15)20(16)26)27-17(12)18(25)21-14-7-5-6-13(10-14)11-24/h5-7,10,24H,2-4,8-9,11H2,1H3,(H,21,25).